The van der Waals surface area contributed by atoms with Gasteiger partial charge in [0.2, 0.25) is 0 Å². The molecule has 5 nitrogen and oxygen atoms in total. The predicted molar refractivity (Wildman–Crippen MR) is 121 cm³/mol. The summed E-state index contributed by atoms with van der Waals surface area (Å²) < 4.78 is 15.1. The van der Waals surface area contributed by atoms with Gasteiger partial charge in [-0.05, 0) is 28.8 Å². The van der Waals surface area contributed by atoms with E-state index in [2.05, 4.69) is 39.6 Å². The first-order chi connectivity index (χ1) is 13.1. The van der Waals surface area contributed by atoms with Crippen LogP contribution in [0.2, 0.25) is 0 Å². The van der Waals surface area contributed by atoms with Crippen molar-refractivity contribution < 1.29 is 4.39 Å². The average Bonchev–Trinajstić information content (AvgIpc) is 3.18. The fourth-order valence-corrected chi connectivity index (χ4v) is 2.86. The largest absolute Gasteiger partial charge is 0.352 e. The number of imidazole rings is 1. The Bertz CT molecular complexity index is 861. The van der Waals surface area contributed by atoms with Crippen molar-refractivity contribution in [1.29, 1.82) is 0 Å². The van der Waals surface area contributed by atoms with Crippen LogP contribution < -0.4 is 5.32 Å². The lowest BCUT2D eigenvalue weighted by atomic mass is 10.1. The molecule has 0 bridgehead atoms. The van der Waals surface area contributed by atoms with Crippen LogP contribution in [0.5, 0.6) is 0 Å². The van der Waals surface area contributed by atoms with Crippen molar-refractivity contribution in [3.63, 3.8) is 0 Å². The van der Waals surface area contributed by atoms with Gasteiger partial charge in [0.25, 0.3) is 0 Å². The Morgan fingerprint density at radius 2 is 1.71 bits per heavy atom. The van der Waals surface area contributed by atoms with Crippen LogP contribution >= 0.6 is 24.0 Å². The van der Waals surface area contributed by atoms with Gasteiger partial charge in [-0.25, -0.2) is 9.37 Å². The van der Waals surface area contributed by atoms with Crippen LogP contribution in [0.3, 0.4) is 0 Å². The highest BCUT2D eigenvalue weighted by molar-refractivity contribution is 14.0. The van der Waals surface area contributed by atoms with Gasteiger partial charge in [0.1, 0.15) is 5.82 Å². The Labute approximate surface area is 182 Å². The highest BCUT2D eigenvalue weighted by Crippen LogP contribution is 2.08. The van der Waals surface area contributed by atoms with Crippen LogP contribution in [0.25, 0.3) is 0 Å². The lowest BCUT2D eigenvalue weighted by molar-refractivity contribution is 0.476. The number of hydrogen-bond donors (Lipinski definition) is 1. The van der Waals surface area contributed by atoms with Crippen LogP contribution in [-0.4, -0.2) is 34.5 Å². The van der Waals surface area contributed by atoms with Gasteiger partial charge >= 0.3 is 0 Å². The Balaban J connectivity index is 0.00000280. The summed E-state index contributed by atoms with van der Waals surface area (Å²) in [6.45, 7) is 2.16. The molecule has 2 aromatic carbocycles. The van der Waals surface area contributed by atoms with Crippen molar-refractivity contribution in [2.24, 2.45) is 4.99 Å². The second-order valence-corrected chi connectivity index (χ2v) is 6.43. The number of hydrogen-bond acceptors (Lipinski definition) is 2. The minimum atomic E-state index is -0.222. The van der Waals surface area contributed by atoms with Gasteiger partial charge in [0.15, 0.2) is 5.96 Å². The zero-order valence-electron chi connectivity index (χ0n) is 16.0. The molecule has 0 saturated carbocycles. The van der Waals surface area contributed by atoms with E-state index in [1.54, 1.807) is 25.4 Å². The number of aliphatic imine (C=N–C) groups is 1. The molecule has 3 rings (SSSR count). The monoisotopic (exact) mass is 493 g/mol. The topological polar surface area (TPSA) is 45.5 Å². The maximum Gasteiger partial charge on any atom is 0.193 e. The second-order valence-electron chi connectivity index (χ2n) is 6.43. The van der Waals surface area contributed by atoms with E-state index in [1.807, 2.05) is 29.0 Å². The van der Waals surface area contributed by atoms with Crippen LogP contribution in [0.1, 0.15) is 16.7 Å². The highest BCUT2D eigenvalue weighted by Gasteiger charge is 2.07. The van der Waals surface area contributed by atoms with E-state index in [4.69, 9.17) is 0 Å². The molecule has 1 aromatic heterocycles. The van der Waals surface area contributed by atoms with Gasteiger partial charge in [-0.1, -0.05) is 36.4 Å². The second kappa shape index (κ2) is 10.8. The van der Waals surface area contributed by atoms with E-state index in [0.717, 1.165) is 18.1 Å². The maximum absolute atomic E-state index is 13.0. The summed E-state index contributed by atoms with van der Waals surface area (Å²) in [5, 5.41) is 3.37. The van der Waals surface area contributed by atoms with Crippen LogP contribution in [-0.2, 0) is 19.6 Å². The number of rotatable bonds is 6. The van der Waals surface area contributed by atoms with Gasteiger partial charge < -0.3 is 14.8 Å². The summed E-state index contributed by atoms with van der Waals surface area (Å²) in [5.74, 6) is 0.571. The summed E-state index contributed by atoms with van der Waals surface area (Å²) in [4.78, 5) is 10.4. The Morgan fingerprint density at radius 1 is 1.07 bits per heavy atom. The third-order valence-electron chi connectivity index (χ3n) is 4.30. The molecule has 0 amide bonds. The number of nitrogens with zero attached hydrogens (tertiary/aromatic N) is 4. The molecule has 3 aromatic rings. The summed E-state index contributed by atoms with van der Waals surface area (Å²) in [6.07, 6.45) is 5.55. The maximum atomic E-state index is 13.0. The number of aromatic nitrogens is 2. The fourth-order valence-electron chi connectivity index (χ4n) is 2.86. The molecule has 7 heteroatoms. The lowest BCUT2D eigenvalue weighted by Crippen LogP contribution is -2.38. The fraction of sp³-hybridized carbons (Fsp3) is 0.238. The first kappa shape index (κ1) is 21.9. The van der Waals surface area contributed by atoms with Crippen molar-refractivity contribution in [2.45, 2.75) is 19.6 Å². The molecule has 0 aliphatic carbocycles. The van der Waals surface area contributed by atoms with E-state index in [1.165, 1.54) is 23.3 Å². The molecule has 0 aliphatic rings. The number of nitrogens with one attached hydrogen (secondary N) is 1. The molecular weight excluding hydrogens is 468 g/mol. The van der Waals surface area contributed by atoms with Crippen molar-refractivity contribution in [2.75, 3.05) is 14.1 Å². The van der Waals surface area contributed by atoms with E-state index in [9.17, 15) is 4.39 Å². The third kappa shape index (κ3) is 6.33. The average molecular weight is 493 g/mol. The number of halogens is 2. The van der Waals surface area contributed by atoms with E-state index in [-0.39, 0.29) is 29.8 Å². The van der Waals surface area contributed by atoms with Crippen LogP contribution in [0.15, 0.2) is 72.2 Å². The first-order valence-electron chi connectivity index (χ1n) is 8.84. The quantitative estimate of drug-likeness (QED) is 0.322. The van der Waals surface area contributed by atoms with Gasteiger partial charge in [0, 0.05) is 46.1 Å². The number of benzene rings is 2. The SMILES string of the molecule is CN=C(NCc1ccc(Cn2ccnc2)cc1)N(C)Cc1ccc(F)cc1.I. The third-order valence-corrected chi connectivity index (χ3v) is 4.30. The molecule has 0 radical (unpaired) electrons. The number of guanidine groups is 1. The summed E-state index contributed by atoms with van der Waals surface area (Å²) in [5.41, 5.74) is 3.45. The van der Waals surface area contributed by atoms with E-state index < -0.39 is 0 Å². The molecule has 0 atom stereocenters. The van der Waals surface area contributed by atoms with Crippen molar-refractivity contribution in [3.8, 4) is 0 Å². The van der Waals surface area contributed by atoms with Crippen LogP contribution in [0.4, 0.5) is 4.39 Å². The standard InChI is InChI=1S/C21H24FN5.HI/c1-23-21(26(2)14-18-7-9-20(22)10-8-18)25-13-17-3-5-19(6-4-17)15-27-12-11-24-16-27;/h3-12,16H,13-15H2,1-2H3,(H,23,25);1H. The molecule has 1 heterocycles. The van der Waals surface area contributed by atoms with Crippen LogP contribution in [0, 0.1) is 5.82 Å². The predicted octanol–water partition coefficient (Wildman–Crippen LogP) is 3.90. The molecular formula is C21H25FIN5. The molecule has 0 fully saturated rings. The molecule has 148 valence electrons. The molecule has 1 N–H and O–H groups in total. The zero-order valence-corrected chi connectivity index (χ0v) is 18.4. The Morgan fingerprint density at radius 3 is 2.32 bits per heavy atom. The summed E-state index contributed by atoms with van der Waals surface area (Å²) >= 11 is 0. The van der Waals surface area contributed by atoms with Gasteiger partial charge in [-0.2, -0.15) is 0 Å². The summed E-state index contributed by atoms with van der Waals surface area (Å²) in [7, 11) is 3.73. The van der Waals surface area contributed by atoms with E-state index in [0.29, 0.717) is 13.1 Å². The Kier molecular flexibility index (Phi) is 8.43. The zero-order chi connectivity index (χ0) is 19.1. The Hall–Kier alpha value is -2.42. The van der Waals surface area contributed by atoms with Crippen molar-refractivity contribution in [3.05, 3.63) is 89.8 Å². The molecule has 0 unspecified atom stereocenters. The smallest absolute Gasteiger partial charge is 0.193 e. The first-order valence-corrected chi connectivity index (χ1v) is 8.84. The molecule has 0 saturated heterocycles. The highest BCUT2D eigenvalue weighted by atomic mass is 127. The van der Waals surface area contributed by atoms with E-state index >= 15 is 0 Å². The van der Waals surface area contributed by atoms with Crippen molar-refractivity contribution >= 4 is 29.9 Å². The van der Waals surface area contributed by atoms with Gasteiger partial charge in [-0.15, -0.1) is 24.0 Å². The molecule has 0 spiro atoms. The minimum Gasteiger partial charge on any atom is -0.352 e. The van der Waals surface area contributed by atoms with Gasteiger partial charge in [0.05, 0.1) is 6.33 Å². The summed E-state index contributed by atoms with van der Waals surface area (Å²) in [6, 6.07) is 15.0. The lowest BCUT2D eigenvalue weighted by Gasteiger charge is -2.22. The van der Waals surface area contributed by atoms with Crippen molar-refractivity contribution in [1.82, 2.24) is 19.8 Å². The molecule has 28 heavy (non-hydrogen) atoms. The normalized spacial score (nSPS) is 11.0. The minimum absolute atomic E-state index is 0. The van der Waals surface area contributed by atoms with Gasteiger partial charge in [-0.3, -0.25) is 4.99 Å². The molecule has 0 aliphatic heterocycles.